The van der Waals surface area contributed by atoms with Crippen molar-refractivity contribution in [3.05, 3.63) is 33.9 Å². The van der Waals surface area contributed by atoms with Crippen LogP contribution in [-0.2, 0) is 0 Å². The van der Waals surface area contributed by atoms with Gasteiger partial charge in [0.15, 0.2) is 0 Å². The van der Waals surface area contributed by atoms with Crippen LogP contribution in [0, 0.1) is 10.1 Å². The van der Waals surface area contributed by atoms with Crippen LogP contribution >= 0.6 is 11.6 Å². The van der Waals surface area contributed by atoms with E-state index in [0.29, 0.717) is 0 Å². The van der Waals surface area contributed by atoms with E-state index in [0.717, 1.165) is 12.1 Å². The molecule has 18 heavy (non-hydrogen) atoms. The van der Waals surface area contributed by atoms with Crippen LogP contribution in [0.4, 0.5) is 4.32 Å². The zero-order valence-corrected chi connectivity index (χ0v) is 10.9. The van der Waals surface area contributed by atoms with Crippen molar-refractivity contribution < 1.29 is 18.7 Å². The van der Waals surface area contributed by atoms with E-state index in [9.17, 15) is 19.2 Å². The van der Waals surface area contributed by atoms with Crippen molar-refractivity contribution in [2.45, 2.75) is 13.8 Å². The largest absolute Gasteiger partial charge is 0.793 e. The highest BCUT2D eigenvalue weighted by atomic mass is 35.5. The summed E-state index contributed by atoms with van der Waals surface area (Å²) >= 11 is 5.20. The summed E-state index contributed by atoms with van der Waals surface area (Å²) in [5, 5.41) is 9.52. The molecule has 0 aromatic heterocycles. The lowest BCUT2D eigenvalue weighted by Gasteiger charge is -2.05. The Hall–Kier alpha value is -1.63. The number of rotatable bonds is 4. The Balaban J connectivity index is 0.00000137. The van der Waals surface area contributed by atoms with E-state index >= 15 is 0 Å². The van der Waals surface area contributed by atoms with Gasteiger partial charge in [0.05, 0.1) is 12.6 Å². The van der Waals surface area contributed by atoms with Crippen LogP contribution in [0.5, 0.6) is 5.75 Å². The summed E-state index contributed by atoms with van der Waals surface area (Å²) in [6, 6.07) is 3.45. The number of hydrogen-bond acceptors (Lipinski definition) is 4. The molecule has 8 heteroatoms. The van der Waals surface area contributed by atoms with E-state index < -0.39 is 17.2 Å². The summed E-state index contributed by atoms with van der Waals surface area (Å²) in [4.78, 5) is 20.0. The maximum Gasteiger partial charge on any atom is 0.793 e. The van der Waals surface area contributed by atoms with Gasteiger partial charge in [-0.05, 0) is 28.6 Å². The molecule has 0 N–H and O–H groups in total. The summed E-state index contributed by atoms with van der Waals surface area (Å²) in [5.74, 6) is -0.0873. The van der Waals surface area contributed by atoms with Crippen molar-refractivity contribution in [2.24, 2.45) is 0 Å². The van der Waals surface area contributed by atoms with Crippen LogP contribution < -0.4 is 10.2 Å². The minimum Gasteiger partial charge on any atom is -0.497 e. The average Bonchev–Trinajstić information content (AvgIpc) is 2.39. The van der Waals surface area contributed by atoms with Crippen molar-refractivity contribution in [3.8, 4) is 5.75 Å². The molecule has 1 rings (SSSR count). The number of methoxy groups -OCH3 is 1. The van der Waals surface area contributed by atoms with Crippen LogP contribution in [0.25, 0.3) is 0 Å². The van der Waals surface area contributed by atoms with E-state index in [-0.39, 0.29) is 16.8 Å². The first-order chi connectivity index (χ1) is 8.47. The van der Waals surface area contributed by atoms with Gasteiger partial charge in [0.1, 0.15) is 5.75 Å². The zero-order chi connectivity index (χ0) is 14.3. The Morgan fingerprint density at radius 3 is 2.44 bits per heavy atom. The lowest BCUT2D eigenvalue weighted by atomic mass is 9.77. The SMILES string of the molecule is CC.COc1cc(C(=O)Cl)ccc1B(F)[N+](=O)[O-]. The van der Waals surface area contributed by atoms with Gasteiger partial charge in [-0.2, -0.15) is 0 Å². The molecule has 5 nitrogen and oxygen atoms in total. The molecule has 0 fully saturated rings. The van der Waals surface area contributed by atoms with Crippen molar-refractivity contribution >= 4 is 29.4 Å². The minimum absolute atomic E-state index is 0.0813. The molecule has 0 aliphatic rings. The predicted molar refractivity (Wildman–Crippen MR) is 68.0 cm³/mol. The van der Waals surface area contributed by atoms with Gasteiger partial charge < -0.3 is 4.74 Å². The van der Waals surface area contributed by atoms with Crippen molar-refractivity contribution in [1.82, 2.24) is 0 Å². The van der Waals surface area contributed by atoms with Crippen molar-refractivity contribution in [1.29, 1.82) is 0 Å². The maximum absolute atomic E-state index is 13.1. The Morgan fingerprint density at radius 2 is 2.06 bits per heavy atom. The number of carbonyl (C=O) groups is 1. The Labute approximate surface area is 109 Å². The van der Waals surface area contributed by atoms with Gasteiger partial charge in [0.2, 0.25) is 0 Å². The molecule has 0 bridgehead atoms. The number of carbonyl (C=O) groups excluding carboxylic acids is 1. The highest BCUT2D eigenvalue weighted by Crippen LogP contribution is 2.14. The Morgan fingerprint density at radius 1 is 1.50 bits per heavy atom. The standard InChI is InChI=1S/C8H6BClFNO4.C2H6/c1-16-7-4-5(8(10)13)2-3-6(7)9(11)12(14)15;1-2/h2-4H,1H3;1-2H3. The molecule has 0 radical (unpaired) electrons. The van der Waals surface area contributed by atoms with E-state index in [1.807, 2.05) is 13.8 Å². The fourth-order valence-corrected chi connectivity index (χ4v) is 1.26. The highest BCUT2D eigenvalue weighted by Gasteiger charge is 2.39. The number of nitrogens with zero attached hydrogens (tertiary/aromatic N) is 1. The van der Waals surface area contributed by atoms with Gasteiger partial charge in [-0.1, -0.05) is 19.9 Å². The summed E-state index contributed by atoms with van der Waals surface area (Å²) in [5.41, 5.74) is -0.174. The molecule has 0 saturated carbocycles. The summed E-state index contributed by atoms with van der Waals surface area (Å²) in [6.07, 6.45) is 0. The molecule has 0 heterocycles. The third-order valence-electron chi connectivity index (χ3n) is 1.90. The molecule has 98 valence electrons. The van der Waals surface area contributed by atoms with E-state index in [1.54, 1.807) is 0 Å². The second-order valence-electron chi connectivity index (χ2n) is 2.85. The van der Waals surface area contributed by atoms with E-state index in [4.69, 9.17) is 16.3 Å². The number of benzene rings is 1. The quantitative estimate of drug-likeness (QED) is 0.365. The first kappa shape index (κ1) is 16.4. The van der Waals surface area contributed by atoms with Gasteiger partial charge >= 0.3 is 7.12 Å². The van der Waals surface area contributed by atoms with Crippen LogP contribution in [0.3, 0.4) is 0 Å². The minimum atomic E-state index is -2.39. The van der Waals surface area contributed by atoms with Gasteiger partial charge in [-0.3, -0.25) is 14.9 Å². The predicted octanol–water partition coefficient (Wildman–Crippen LogP) is 2.04. The summed E-state index contributed by atoms with van der Waals surface area (Å²) in [6.45, 7) is 4.00. The van der Waals surface area contributed by atoms with E-state index in [2.05, 4.69) is 0 Å². The Bertz CT molecular complexity index is 444. The van der Waals surface area contributed by atoms with Crippen LogP contribution in [0.15, 0.2) is 18.2 Å². The summed E-state index contributed by atoms with van der Waals surface area (Å²) in [7, 11) is -1.18. The molecule has 0 spiro atoms. The first-order valence-electron chi connectivity index (χ1n) is 5.12. The first-order valence-corrected chi connectivity index (χ1v) is 5.50. The number of hydrogen-bond donors (Lipinski definition) is 0. The third-order valence-corrected chi connectivity index (χ3v) is 2.12. The topological polar surface area (TPSA) is 69.4 Å². The maximum atomic E-state index is 13.1. The molecule has 0 aliphatic heterocycles. The molecule has 0 amide bonds. The Kier molecular flexibility index (Phi) is 6.96. The van der Waals surface area contributed by atoms with Crippen LogP contribution in [0.2, 0.25) is 0 Å². The smallest absolute Gasteiger partial charge is 0.497 e. The molecule has 1 aromatic rings. The van der Waals surface area contributed by atoms with Gasteiger partial charge in [-0.25, -0.2) is 4.32 Å². The molecule has 1 aromatic carbocycles. The van der Waals surface area contributed by atoms with Gasteiger partial charge in [0.25, 0.3) is 5.24 Å². The molecule has 0 unspecified atom stereocenters. The second-order valence-corrected chi connectivity index (χ2v) is 3.19. The molecule has 0 saturated heterocycles. The van der Waals surface area contributed by atoms with Crippen molar-refractivity contribution in [2.75, 3.05) is 7.11 Å². The zero-order valence-electron chi connectivity index (χ0n) is 10.1. The number of halogens is 2. The lowest BCUT2D eigenvalue weighted by molar-refractivity contribution is -0.338. The lowest BCUT2D eigenvalue weighted by Crippen LogP contribution is -2.35. The van der Waals surface area contributed by atoms with E-state index in [1.165, 1.54) is 13.2 Å². The molecule has 0 atom stereocenters. The molecular formula is C10H12BClFNO4. The number of nitro groups is 1. The van der Waals surface area contributed by atoms with Gasteiger partial charge in [0, 0.05) is 5.56 Å². The van der Waals surface area contributed by atoms with Crippen molar-refractivity contribution in [3.63, 3.8) is 0 Å². The normalized spacial score (nSPS) is 8.94. The average molecular weight is 275 g/mol. The number of ether oxygens (including phenoxy) is 1. The monoisotopic (exact) mass is 275 g/mol. The fraction of sp³-hybridized carbons (Fsp3) is 0.300. The molecular weight excluding hydrogens is 263 g/mol. The summed E-state index contributed by atoms with van der Waals surface area (Å²) < 4.78 is 17.9. The fourth-order valence-electron chi connectivity index (χ4n) is 1.14. The second kappa shape index (κ2) is 7.65. The van der Waals surface area contributed by atoms with Crippen LogP contribution in [-0.4, -0.2) is 24.3 Å². The van der Waals surface area contributed by atoms with Gasteiger partial charge in [-0.15, -0.1) is 0 Å². The highest BCUT2D eigenvalue weighted by molar-refractivity contribution is 6.68. The molecule has 0 aliphatic carbocycles. The van der Waals surface area contributed by atoms with Crippen LogP contribution in [0.1, 0.15) is 24.2 Å². The third kappa shape index (κ3) is 3.99.